The number of rotatable bonds is 7. The normalized spacial score (nSPS) is 12.4. The summed E-state index contributed by atoms with van der Waals surface area (Å²) in [6.45, 7) is 11.7. The van der Waals surface area contributed by atoms with Gasteiger partial charge in [0.05, 0.1) is 5.71 Å². The van der Waals surface area contributed by atoms with E-state index in [-0.39, 0.29) is 5.91 Å². The Kier molecular flexibility index (Phi) is 8.89. The second-order valence-corrected chi connectivity index (χ2v) is 6.38. The molecule has 1 amide bonds. The maximum Gasteiger partial charge on any atom is 0.222 e. The third-order valence-corrected chi connectivity index (χ3v) is 3.33. The van der Waals surface area contributed by atoms with Gasteiger partial charge in [-0.25, -0.2) is 4.99 Å². The van der Waals surface area contributed by atoms with Gasteiger partial charge in [0, 0.05) is 31.9 Å². The number of amides is 1. The van der Waals surface area contributed by atoms with E-state index in [9.17, 15) is 4.79 Å². The van der Waals surface area contributed by atoms with Crippen LogP contribution < -0.4 is 10.6 Å². The second kappa shape index (κ2) is 10.9. The van der Waals surface area contributed by atoms with Gasteiger partial charge >= 0.3 is 0 Å². The maximum absolute atomic E-state index is 11.4. The fourth-order valence-electron chi connectivity index (χ4n) is 2.31. The molecule has 0 aliphatic carbocycles. The van der Waals surface area contributed by atoms with Crippen LogP contribution in [-0.4, -0.2) is 43.6 Å². The number of carbonyl (C=O) groups excluding carboxylic acids is 1. The van der Waals surface area contributed by atoms with Gasteiger partial charge < -0.3 is 15.5 Å². The zero-order chi connectivity index (χ0) is 20.4. The highest BCUT2D eigenvalue weighted by molar-refractivity contribution is 6.14. The van der Waals surface area contributed by atoms with Crippen molar-refractivity contribution in [2.45, 2.75) is 20.4 Å². The number of hydrogen-bond acceptors (Lipinski definition) is 3. The number of aliphatic imine (C=N–C) groups is 2. The molecule has 1 rings (SSSR count). The molecule has 0 aliphatic heterocycles. The third-order valence-electron chi connectivity index (χ3n) is 3.33. The lowest BCUT2D eigenvalue weighted by molar-refractivity contribution is -0.114. The van der Waals surface area contributed by atoms with Crippen molar-refractivity contribution in [2.75, 3.05) is 31.8 Å². The molecule has 2 N–H and O–H groups in total. The average molecular weight is 367 g/mol. The molecule has 0 saturated carbocycles. The smallest absolute Gasteiger partial charge is 0.222 e. The van der Waals surface area contributed by atoms with Crippen LogP contribution in [0.1, 0.15) is 19.4 Å². The highest BCUT2D eigenvalue weighted by Gasteiger charge is 2.07. The van der Waals surface area contributed by atoms with Crippen molar-refractivity contribution >= 4 is 29.0 Å². The molecule has 0 aromatic heterocycles. The van der Waals surface area contributed by atoms with Gasteiger partial charge in [0.2, 0.25) is 11.9 Å². The number of hydrogen-bond donors (Lipinski definition) is 2. The Morgan fingerprint density at radius 3 is 2.30 bits per heavy atom. The lowest BCUT2D eigenvalue weighted by Crippen LogP contribution is -2.15. The van der Waals surface area contributed by atoms with Crippen molar-refractivity contribution in [1.82, 2.24) is 4.90 Å². The van der Waals surface area contributed by atoms with Crippen LogP contribution in [-0.2, 0) is 11.3 Å². The van der Waals surface area contributed by atoms with Gasteiger partial charge in [-0.3, -0.25) is 9.79 Å². The van der Waals surface area contributed by atoms with Crippen molar-refractivity contribution in [3.8, 4) is 0 Å². The molecule has 6 nitrogen and oxygen atoms in total. The molecule has 0 atom stereocenters. The standard InChI is InChI=1S/C21H29N5O/c1-8-9-10-20(15(2)3)25-21(22-5)24-19-12-17(14-26(6)7)11-18(13-19)23-16(4)27/h8-13H,1-2,14H2,3-7H3,(H,22,24)(H,23,27)/b10-9-,25-20-. The molecule has 0 bridgehead atoms. The summed E-state index contributed by atoms with van der Waals surface area (Å²) < 4.78 is 0. The predicted octanol–water partition coefficient (Wildman–Crippen LogP) is 3.86. The number of nitrogens with zero attached hydrogens (tertiary/aromatic N) is 3. The highest BCUT2D eigenvalue weighted by Crippen LogP contribution is 2.20. The van der Waals surface area contributed by atoms with E-state index in [4.69, 9.17) is 0 Å². The Hall–Kier alpha value is -2.99. The van der Waals surface area contributed by atoms with Gasteiger partial charge in [-0.1, -0.05) is 25.3 Å². The fraction of sp³-hybridized carbons (Fsp3) is 0.286. The Balaban J connectivity index is 3.22. The van der Waals surface area contributed by atoms with Crippen molar-refractivity contribution in [3.05, 3.63) is 60.7 Å². The van der Waals surface area contributed by atoms with Crippen molar-refractivity contribution in [2.24, 2.45) is 9.98 Å². The third kappa shape index (κ3) is 8.29. The zero-order valence-corrected chi connectivity index (χ0v) is 16.8. The van der Waals surface area contributed by atoms with E-state index in [0.29, 0.717) is 11.7 Å². The summed E-state index contributed by atoms with van der Waals surface area (Å²) in [6.07, 6.45) is 5.31. The zero-order valence-electron chi connectivity index (χ0n) is 16.8. The molecule has 1 aromatic rings. The van der Waals surface area contributed by atoms with E-state index in [1.807, 2.05) is 45.3 Å². The molecule has 0 radical (unpaired) electrons. The van der Waals surface area contributed by atoms with Crippen LogP contribution >= 0.6 is 0 Å². The van der Waals surface area contributed by atoms with Crippen LogP contribution in [0, 0.1) is 0 Å². The van der Waals surface area contributed by atoms with Gasteiger partial charge in [0.25, 0.3) is 0 Å². The van der Waals surface area contributed by atoms with Crippen LogP contribution in [0.15, 0.2) is 65.1 Å². The second-order valence-electron chi connectivity index (χ2n) is 6.38. The van der Waals surface area contributed by atoms with E-state index < -0.39 is 0 Å². The number of anilines is 2. The summed E-state index contributed by atoms with van der Waals surface area (Å²) in [6, 6.07) is 5.80. The molecule has 144 valence electrons. The van der Waals surface area contributed by atoms with Crippen LogP contribution in [0.5, 0.6) is 0 Å². The first-order valence-corrected chi connectivity index (χ1v) is 8.59. The number of nitrogens with one attached hydrogen (secondary N) is 2. The van der Waals surface area contributed by atoms with Crippen LogP contribution in [0.2, 0.25) is 0 Å². The minimum atomic E-state index is -0.121. The average Bonchev–Trinajstić information content (AvgIpc) is 2.55. The minimum absolute atomic E-state index is 0.121. The first-order valence-electron chi connectivity index (χ1n) is 8.59. The number of guanidine groups is 1. The SMILES string of the molecule is C=C/C=C\C(=N\C(=NC)Nc1cc(CN(C)C)cc(NC(C)=O)c1)C(=C)C. The topological polar surface area (TPSA) is 69.1 Å². The van der Waals surface area contributed by atoms with Gasteiger partial charge in [-0.05, 0) is 56.4 Å². The number of benzene rings is 1. The lowest BCUT2D eigenvalue weighted by atomic mass is 10.1. The summed E-state index contributed by atoms with van der Waals surface area (Å²) in [7, 11) is 5.65. The van der Waals surface area contributed by atoms with Crippen LogP contribution in [0.25, 0.3) is 0 Å². The Labute approximate surface area is 162 Å². The molecular formula is C21H29N5O. The first-order chi connectivity index (χ1) is 12.7. The Morgan fingerprint density at radius 1 is 1.19 bits per heavy atom. The van der Waals surface area contributed by atoms with Gasteiger partial charge in [-0.15, -0.1) is 0 Å². The molecule has 0 saturated heterocycles. The molecule has 0 heterocycles. The van der Waals surface area contributed by atoms with E-state index in [2.05, 4.69) is 38.7 Å². The fourth-order valence-corrected chi connectivity index (χ4v) is 2.31. The summed E-state index contributed by atoms with van der Waals surface area (Å²) in [4.78, 5) is 22.2. The summed E-state index contributed by atoms with van der Waals surface area (Å²) in [5.41, 5.74) is 4.08. The van der Waals surface area contributed by atoms with Gasteiger partial charge in [0.1, 0.15) is 0 Å². The van der Waals surface area contributed by atoms with Crippen molar-refractivity contribution in [3.63, 3.8) is 0 Å². The van der Waals surface area contributed by atoms with Crippen LogP contribution in [0.3, 0.4) is 0 Å². The Morgan fingerprint density at radius 2 is 1.81 bits per heavy atom. The Bertz CT molecular complexity index is 788. The molecule has 1 aromatic carbocycles. The van der Waals surface area contributed by atoms with Gasteiger partial charge in [0.15, 0.2) is 0 Å². The monoisotopic (exact) mass is 367 g/mol. The molecule has 0 spiro atoms. The highest BCUT2D eigenvalue weighted by atomic mass is 16.1. The minimum Gasteiger partial charge on any atom is -0.326 e. The van der Waals surface area contributed by atoms with Gasteiger partial charge in [-0.2, -0.15) is 0 Å². The van der Waals surface area contributed by atoms with E-state index in [1.165, 1.54) is 6.92 Å². The molecule has 27 heavy (non-hydrogen) atoms. The molecule has 0 unspecified atom stereocenters. The quantitative estimate of drug-likeness (QED) is 0.437. The summed E-state index contributed by atoms with van der Waals surface area (Å²) >= 11 is 0. The van der Waals surface area contributed by atoms with E-state index in [0.717, 1.165) is 29.1 Å². The molecule has 0 aliphatic rings. The molecular weight excluding hydrogens is 338 g/mol. The number of allylic oxidation sites excluding steroid dienone is 4. The lowest BCUT2D eigenvalue weighted by Gasteiger charge is -2.15. The molecule has 0 fully saturated rings. The first kappa shape index (κ1) is 22.1. The summed E-state index contributed by atoms with van der Waals surface area (Å²) in [5.74, 6) is 0.321. The predicted molar refractivity (Wildman–Crippen MR) is 117 cm³/mol. The molecule has 6 heteroatoms. The van der Waals surface area contributed by atoms with E-state index >= 15 is 0 Å². The van der Waals surface area contributed by atoms with Crippen LogP contribution in [0.4, 0.5) is 11.4 Å². The van der Waals surface area contributed by atoms with E-state index in [1.54, 1.807) is 19.2 Å². The number of carbonyl (C=O) groups is 1. The maximum atomic E-state index is 11.4. The largest absolute Gasteiger partial charge is 0.326 e. The van der Waals surface area contributed by atoms with Crippen molar-refractivity contribution < 1.29 is 4.79 Å². The summed E-state index contributed by atoms with van der Waals surface area (Å²) in [5, 5.41) is 6.04. The van der Waals surface area contributed by atoms with Crippen molar-refractivity contribution in [1.29, 1.82) is 0 Å².